The fraction of sp³-hybridized carbons (Fsp3) is 0.500. The monoisotopic (exact) mass is 262 g/mol. The van der Waals surface area contributed by atoms with Gasteiger partial charge in [0.25, 0.3) is 5.91 Å². The lowest BCUT2D eigenvalue weighted by Gasteiger charge is -2.20. The van der Waals surface area contributed by atoms with Gasteiger partial charge in [0.15, 0.2) is 11.5 Å². The van der Waals surface area contributed by atoms with Crippen LogP contribution in [0.15, 0.2) is 18.2 Å². The van der Waals surface area contributed by atoms with E-state index in [9.17, 15) is 4.79 Å². The zero-order chi connectivity index (χ0) is 13.2. The molecule has 2 aliphatic rings. The summed E-state index contributed by atoms with van der Waals surface area (Å²) in [6.07, 6.45) is 1.01. The predicted molar refractivity (Wildman–Crippen MR) is 70.8 cm³/mol. The predicted octanol–water partition coefficient (Wildman–Crippen LogP) is 0.892. The van der Waals surface area contributed by atoms with E-state index in [1.165, 1.54) is 0 Å². The highest BCUT2D eigenvalue weighted by Crippen LogP contribution is 2.31. The molecule has 1 N–H and O–H groups in total. The van der Waals surface area contributed by atoms with Crippen LogP contribution in [0.4, 0.5) is 0 Å². The minimum absolute atomic E-state index is 0.0646. The molecule has 0 bridgehead atoms. The average molecular weight is 262 g/mol. The summed E-state index contributed by atoms with van der Waals surface area (Å²) in [6, 6.07) is 5.81. The van der Waals surface area contributed by atoms with Crippen LogP contribution >= 0.6 is 0 Å². The second-order valence-corrected chi connectivity index (χ2v) is 4.88. The number of nitrogens with zero attached hydrogens (tertiary/aromatic N) is 1. The number of likely N-dealkylation sites (tertiary alicyclic amines) is 1. The number of benzene rings is 1. The summed E-state index contributed by atoms with van der Waals surface area (Å²) in [5, 5.41) is 3.21. The van der Waals surface area contributed by atoms with E-state index in [0.29, 0.717) is 30.6 Å². The Morgan fingerprint density at radius 3 is 2.84 bits per heavy atom. The molecule has 3 rings (SSSR count). The summed E-state index contributed by atoms with van der Waals surface area (Å²) in [7, 11) is 1.93. The Hall–Kier alpha value is -1.75. The molecule has 102 valence electrons. The van der Waals surface area contributed by atoms with Crippen molar-refractivity contribution in [3.8, 4) is 11.5 Å². The largest absolute Gasteiger partial charge is 0.486 e. The van der Waals surface area contributed by atoms with Crippen LogP contribution in [0.1, 0.15) is 16.8 Å². The van der Waals surface area contributed by atoms with Crippen LogP contribution in [0.5, 0.6) is 11.5 Å². The topological polar surface area (TPSA) is 50.8 Å². The lowest BCUT2D eigenvalue weighted by molar-refractivity contribution is 0.0788. The highest BCUT2D eigenvalue weighted by Gasteiger charge is 2.26. The molecule has 1 aromatic carbocycles. The first-order valence-electron chi connectivity index (χ1n) is 6.64. The molecule has 1 aromatic rings. The average Bonchev–Trinajstić information content (AvgIpc) is 2.95. The van der Waals surface area contributed by atoms with Crippen LogP contribution < -0.4 is 14.8 Å². The number of hydrogen-bond acceptors (Lipinski definition) is 4. The molecule has 2 aliphatic heterocycles. The highest BCUT2D eigenvalue weighted by atomic mass is 16.6. The molecule has 1 amide bonds. The normalized spacial score (nSPS) is 21.5. The quantitative estimate of drug-likeness (QED) is 0.860. The Balaban J connectivity index is 1.77. The SMILES string of the molecule is CNC1CCN(C(=O)c2ccc3c(c2)OCCO3)C1. The number of ether oxygens (including phenoxy) is 2. The molecule has 0 radical (unpaired) electrons. The van der Waals surface area contributed by atoms with E-state index in [2.05, 4.69) is 5.32 Å². The molecule has 0 aliphatic carbocycles. The zero-order valence-electron chi connectivity index (χ0n) is 11.0. The van der Waals surface area contributed by atoms with Crippen LogP contribution in [0, 0.1) is 0 Å². The maximum Gasteiger partial charge on any atom is 0.254 e. The minimum atomic E-state index is 0.0646. The molecular formula is C14H18N2O3. The highest BCUT2D eigenvalue weighted by molar-refractivity contribution is 5.95. The zero-order valence-corrected chi connectivity index (χ0v) is 11.0. The van der Waals surface area contributed by atoms with Crippen molar-refractivity contribution in [2.24, 2.45) is 0 Å². The second-order valence-electron chi connectivity index (χ2n) is 4.88. The number of likely N-dealkylation sites (N-methyl/N-ethyl adjacent to an activating group) is 1. The molecule has 2 heterocycles. The third-order valence-corrected chi connectivity index (χ3v) is 3.67. The van der Waals surface area contributed by atoms with E-state index in [-0.39, 0.29) is 5.91 Å². The van der Waals surface area contributed by atoms with E-state index in [1.54, 1.807) is 6.07 Å². The van der Waals surface area contributed by atoms with Gasteiger partial charge in [-0.2, -0.15) is 0 Å². The fourth-order valence-corrected chi connectivity index (χ4v) is 2.54. The molecule has 1 unspecified atom stereocenters. The van der Waals surface area contributed by atoms with Crippen LogP contribution in [-0.2, 0) is 0 Å². The molecule has 1 atom stereocenters. The van der Waals surface area contributed by atoms with E-state index in [0.717, 1.165) is 25.3 Å². The summed E-state index contributed by atoms with van der Waals surface area (Å²) < 4.78 is 11.0. The number of rotatable bonds is 2. The van der Waals surface area contributed by atoms with Gasteiger partial charge in [0.05, 0.1) is 0 Å². The Morgan fingerprint density at radius 1 is 1.32 bits per heavy atom. The van der Waals surface area contributed by atoms with Gasteiger partial charge >= 0.3 is 0 Å². The van der Waals surface area contributed by atoms with Gasteiger partial charge < -0.3 is 19.7 Å². The number of fused-ring (bicyclic) bond motifs is 1. The van der Waals surface area contributed by atoms with Crippen LogP contribution in [0.2, 0.25) is 0 Å². The molecule has 5 nitrogen and oxygen atoms in total. The molecule has 0 aromatic heterocycles. The number of carbonyl (C=O) groups is 1. The van der Waals surface area contributed by atoms with Gasteiger partial charge in [-0.25, -0.2) is 0 Å². The Labute approximate surface area is 112 Å². The van der Waals surface area contributed by atoms with Crippen LogP contribution in [0.3, 0.4) is 0 Å². The molecular weight excluding hydrogens is 244 g/mol. The minimum Gasteiger partial charge on any atom is -0.486 e. The van der Waals surface area contributed by atoms with Gasteiger partial charge in [0.2, 0.25) is 0 Å². The van der Waals surface area contributed by atoms with Crippen molar-refractivity contribution in [2.45, 2.75) is 12.5 Å². The fourth-order valence-electron chi connectivity index (χ4n) is 2.54. The van der Waals surface area contributed by atoms with Crippen LogP contribution in [0.25, 0.3) is 0 Å². The second kappa shape index (κ2) is 5.09. The maximum absolute atomic E-state index is 12.4. The van der Waals surface area contributed by atoms with Crippen molar-refractivity contribution in [2.75, 3.05) is 33.4 Å². The van der Waals surface area contributed by atoms with E-state index >= 15 is 0 Å². The number of hydrogen-bond donors (Lipinski definition) is 1. The summed E-state index contributed by atoms with van der Waals surface area (Å²) >= 11 is 0. The lowest BCUT2D eigenvalue weighted by atomic mass is 10.1. The number of amides is 1. The van der Waals surface area contributed by atoms with E-state index in [1.807, 2.05) is 24.1 Å². The summed E-state index contributed by atoms with van der Waals surface area (Å²) in [5.41, 5.74) is 0.668. The van der Waals surface area contributed by atoms with Crippen molar-refractivity contribution in [3.63, 3.8) is 0 Å². The maximum atomic E-state index is 12.4. The molecule has 0 spiro atoms. The first-order chi connectivity index (χ1) is 9.28. The number of nitrogens with one attached hydrogen (secondary N) is 1. The van der Waals surface area contributed by atoms with Crippen molar-refractivity contribution in [1.29, 1.82) is 0 Å². The van der Waals surface area contributed by atoms with Gasteiger partial charge in [-0.3, -0.25) is 4.79 Å². The molecule has 0 saturated carbocycles. The van der Waals surface area contributed by atoms with Crippen molar-refractivity contribution >= 4 is 5.91 Å². The molecule has 19 heavy (non-hydrogen) atoms. The van der Waals surface area contributed by atoms with Gasteiger partial charge in [-0.15, -0.1) is 0 Å². The Morgan fingerprint density at radius 2 is 2.11 bits per heavy atom. The third-order valence-electron chi connectivity index (χ3n) is 3.67. The first kappa shape index (κ1) is 12.3. The van der Waals surface area contributed by atoms with Gasteiger partial charge in [0.1, 0.15) is 13.2 Å². The van der Waals surface area contributed by atoms with Gasteiger partial charge in [-0.05, 0) is 31.7 Å². The molecule has 5 heteroatoms. The van der Waals surface area contributed by atoms with E-state index in [4.69, 9.17) is 9.47 Å². The third kappa shape index (κ3) is 2.38. The van der Waals surface area contributed by atoms with Crippen molar-refractivity contribution in [1.82, 2.24) is 10.2 Å². The number of carbonyl (C=O) groups excluding carboxylic acids is 1. The van der Waals surface area contributed by atoms with Gasteiger partial charge in [0, 0.05) is 24.7 Å². The summed E-state index contributed by atoms with van der Waals surface area (Å²) in [6.45, 7) is 2.68. The molecule has 1 fully saturated rings. The standard InChI is InChI=1S/C14H18N2O3/c1-15-11-4-5-16(9-11)14(17)10-2-3-12-13(8-10)19-7-6-18-12/h2-3,8,11,15H,4-7,9H2,1H3. The van der Waals surface area contributed by atoms with Gasteiger partial charge in [-0.1, -0.05) is 0 Å². The van der Waals surface area contributed by atoms with Crippen molar-refractivity contribution < 1.29 is 14.3 Å². The van der Waals surface area contributed by atoms with Crippen molar-refractivity contribution in [3.05, 3.63) is 23.8 Å². The lowest BCUT2D eigenvalue weighted by Crippen LogP contribution is -2.33. The summed E-state index contributed by atoms with van der Waals surface area (Å²) in [5.74, 6) is 1.45. The first-order valence-corrected chi connectivity index (χ1v) is 6.64. The van der Waals surface area contributed by atoms with E-state index < -0.39 is 0 Å². The summed E-state index contributed by atoms with van der Waals surface area (Å²) in [4.78, 5) is 14.3. The van der Waals surface area contributed by atoms with Crippen LogP contribution in [-0.4, -0.2) is 50.2 Å². The Bertz CT molecular complexity index is 490. The Kier molecular flexibility index (Phi) is 3.29. The molecule has 1 saturated heterocycles. The smallest absolute Gasteiger partial charge is 0.254 e.